The molecule has 0 bridgehead atoms. The summed E-state index contributed by atoms with van der Waals surface area (Å²) in [4.78, 5) is 17.2. The van der Waals surface area contributed by atoms with Crippen molar-refractivity contribution in [1.29, 1.82) is 5.26 Å². The lowest BCUT2D eigenvalue weighted by atomic mass is 10.1. The molecular formula is C38H34N2O5S2. The number of carboxylic acids is 1. The highest BCUT2D eigenvalue weighted by atomic mass is 32.1. The van der Waals surface area contributed by atoms with Crippen molar-refractivity contribution in [3.8, 4) is 43.5 Å². The lowest BCUT2D eigenvalue weighted by molar-refractivity contribution is -0.132. The van der Waals surface area contributed by atoms with E-state index in [9.17, 15) is 15.2 Å². The Morgan fingerprint density at radius 3 is 2.19 bits per heavy atom. The van der Waals surface area contributed by atoms with Crippen molar-refractivity contribution in [1.82, 2.24) is 0 Å². The molecule has 1 N–H and O–H groups in total. The van der Waals surface area contributed by atoms with Crippen LogP contribution in [0.2, 0.25) is 0 Å². The Bertz CT molecular complexity index is 1890. The molecule has 238 valence electrons. The fourth-order valence-corrected chi connectivity index (χ4v) is 7.58. The zero-order valence-electron chi connectivity index (χ0n) is 26.0. The van der Waals surface area contributed by atoms with Crippen molar-refractivity contribution in [3.05, 3.63) is 101 Å². The minimum Gasteiger partial charge on any atom is -0.494 e. The van der Waals surface area contributed by atoms with E-state index in [0.29, 0.717) is 29.6 Å². The average Bonchev–Trinajstić information content (AvgIpc) is 3.74. The van der Waals surface area contributed by atoms with E-state index in [0.717, 1.165) is 56.0 Å². The molecule has 3 heterocycles. The first-order valence-electron chi connectivity index (χ1n) is 15.6. The normalized spacial score (nSPS) is 12.4. The highest BCUT2D eigenvalue weighted by molar-refractivity contribution is 7.24. The van der Waals surface area contributed by atoms with E-state index in [1.807, 2.05) is 36.4 Å². The number of fused-ring (bicyclic) bond motifs is 1. The molecule has 0 atom stereocenters. The number of nitrogens with zero attached hydrogens (tertiary/aromatic N) is 2. The van der Waals surface area contributed by atoms with Gasteiger partial charge in [0.2, 0.25) is 0 Å². The second-order valence-corrected chi connectivity index (χ2v) is 13.0. The first kappa shape index (κ1) is 31.9. The van der Waals surface area contributed by atoms with Gasteiger partial charge in [0, 0.05) is 26.8 Å². The molecule has 47 heavy (non-hydrogen) atoms. The summed E-state index contributed by atoms with van der Waals surface area (Å²) in [5.41, 5.74) is 3.85. The van der Waals surface area contributed by atoms with Gasteiger partial charge in [-0.2, -0.15) is 5.26 Å². The summed E-state index contributed by atoms with van der Waals surface area (Å²) in [6, 6.07) is 32.9. The van der Waals surface area contributed by atoms with E-state index in [4.69, 9.17) is 14.2 Å². The van der Waals surface area contributed by atoms with Gasteiger partial charge >= 0.3 is 5.97 Å². The zero-order chi connectivity index (χ0) is 32.6. The summed E-state index contributed by atoms with van der Waals surface area (Å²) in [6.45, 7) is 3.70. The number of aliphatic carboxylic acids is 1. The van der Waals surface area contributed by atoms with Gasteiger partial charge < -0.3 is 24.2 Å². The minimum atomic E-state index is -1.28. The summed E-state index contributed by atoms with van der Waals surface area (Å²) in [5.74, 6) is 0.670. The summed E-state index contributed by atoms with van der Waals surface area (Å²) in [7, 11) is 0. The molecule has 5 aromatic rings. The van der Waals surface area contributed by atoms with Crippen molar-refractivity contribution in [3.63, 3.8) is 0 Å². The Morgan fingerprint density at radius 2 is 1.51 bits per heavy atom. The minimum absolute atomic E-state index is 0.353. The van der Waals surface area contributed by atoms with Gasteiger partial charge in [-0.05, 0) is 78.7 Å². The van der Waals surface area contributed by atoms with Gasteiger partial charge in [0.05, 0.1) is 16.4 Å². The van der Waals surface area contributed by atoms with Crippen LogP contribution in [0.1, 0.15) is 37.5 Å². The number of carboxylic acid groups (broad SMARTS) is 1. The van der Waals surface area contributed by atoms with E-state index < -0.39 is 5.97 Å². The van der Waals surface area contributed by atoms with Gasteiger partial charge in [0.25, 0.3) is 0 Å². The van der Waals surface area contributed by atoms with E-state index >= 15 is 0 Å². The third-order valence-electron chi connectivity index (χ3n) is 7.67. The second-order valence-electron chi connectivity index (χ2n) is 10.9. The zero-order valence-corrected chi connectivity index (χ0v) is 27.6. The third kappa shape index (κ3) is 7.35. The van der Waals surface area contributed by atoms with Gasteiger partial charge in [0.15, 0.2) is 11.5 Å². The number of thiophene rings is 2. The van der Waals surface area contributed by atoms with Crippen molar-refractivity contribution in [2.45, 2.75) is 32.6 Å². The fraction of sp³-hybridized carbons (Fsp3) is 0.211. The second kappa shape index (κ2) is 15.0. The first-order chi connectivity index (χ1) is 23.1. The summed E-state index contributed by atoms with van der Waals surface area (Å²) in [6.07, 6.45) is 6.06. The van der Waals surface area contributed by atoms with E-state index in [2.05, 4.69) is 66.4 Å². The van der Waals surface area contributed by atoms with Crippen LogP contribution in [-0.2, 0) is 4.79 Å². The molecular weight excluding hydrogens is 629 g/mol. The Hall–Kier alpha value is -5.04. The maximum absolute atomic E-state index is 11.5. The van der Waals surface area contributed by atoms with E-state index in [-0.39, 0.29) is 5.57 Å². The SMILES string of the molecule is CCCCCCOc1ccc(N(c2ccccc2)c2ccc(-c3ccc(-c4sc(/C=C(\C#N)C(=O)O)c5c4OCCO5)s3)cc2)cc1. The molecule has 0 saturated heterocycles. The van der Waals surface area contributed by atoms with Crippen molar-refractivity contribution < 1.29 is 24.1 Å². The lowest BCUT2D eigenvalue weighted by Crippen LogP contribution is -2.14. The third-order valence-corrected chi connectivity index (χ3v) is 10.1. The monoisotopic (exact) mass is 662 g/mol. The molecule has 6 rings (SSSR count). The molecule has 3 aromatic carbocycles. The fourth-order valence-electron chi connectivity index (χ4n) is 5.33. The largest absolute Gasteiger partial charge is 0.494 e. The molecule has 0 amide bonds. The molecule has 1 aliphatic heterocycles. The smallest absolute Gasteiger partial charge is 0.346 e. The van der Waals surface area contributed by atoms with Gasteiger partial charge in [-0.3, -0.25) is 0 Å². The molecule has 2 aromatic heterocycles. The number of para-hydroxylation sites is 1. The van der Waals surface area contributed by atoms with E-state index in [1.54, 1.807) is 17.4 Å². The van der Waals surface area contributed by atoms with Gasteiger partial charge in [-0.25, -0.2) is 4.79 Å². The number of benzene rings is 3. The van der Waals surface area contributed by atoms with Crippen LogP contribution in [0.3, 0.4) is 0 Å². The number of rotatable bonds is 13. The topological polar surface area (TPSA) is 92.0 Å². The Balaban J connectivity index is 1.25. The number of anilines is 3. The van der Waals surface area contributed by atoms with Gasteiger partial charge in [0.1, 0.15) is 30.6 Å². The standard InChI is InChI=1S/C38H34N2O5S2/c1-2-3-4-8-21-43-31-17-15-30(16-18-31)40(28-9-6-5-7-10-28)29-13-11-26(12-14-29)32-19-20-33(46-32)37-36-35(44-22-23-45-36)34(47-37)24-27(25-39)38(41)42/h5-7,9-20,24H,2-4,8,21-23H2,1H3,(H,41,42)/b27-24+. The maximum atomic E-state index is 11.5. The molecule has 0 fully saturated rings. The number of nitriles is 1. The molecule has 0 radical (unpaired) electrons. The van der Waals surface area contributed by atoms with Crippen molar-refractivity contribution in [2.24, 2.45) is 0 Å². The van der Waals surface area contributed by atoms with Crippen LogP contribution in [0.25, 0.3) is 26.3 Å². The van der Waals surface area contributed by atoms with Gasteiger partial charge in [-0.15, -0.1) is 22.7 Å². The Morgan fingerprint density at radius 1 is 0.851 bits per heavy atom. The predicted molar refractivity (Wildman–Crippen MR) is 190 cm³/mol. The van der Waals surface area contributed by atoms with Crippen LogP contribution in [0, 0.1) is 11.3 Å². The molecule has 1 aliphatic rings. The lowest BCUT2D eigenvalue weighted by Gasteiger charge is -2.25. The molecule has 7 nitrogen and oxygen atoms in total. The number of carbonyl (C=O) groups is 1. The summed E-state index contributed by atoms with van der Waals surface area (Å²) < 4.78 is 17.8. The molecule has 0 saturated carbocycles. The summed E-state index contributed by atoms with van der Waals surface area (Å²) >= 11 is 2.98. The molecule has 0 unspecified atom stereocenters. The quantitative estimate of drug-likeness (QED) is 0.0762. The van der Waals surface area contributed by atoms with Crippen LogP contribution in [0.4, 0.5) is 17.1 Å². The maximum Gasteiger partial charge on any atom is 0.346 e. The highest BCUT2D eigenvalue weighted by Crippen LogP contribution is 2.52. The molecule has 0 spiro atoms. The number of hydrogen-bond acceptors (Lipinski definition) is 8. The van der Waals surface area contributed by atoms with Gasteiger partial charge in [-0.1, -0.05) is 56.5 Å². The first-order valence-corrected chi connectivity index (χ1v) is 17.2. The molecule has 9 heteroatoms. The predicted octanol–water partition coefficient (Wildman–Crippen LogP) is 10.3. The van der Waals surface area contributed by atoms with Crippen molar-refractivity contribution >= 4 is 51.8 Å². The van der Waals surface area contributed by atoms with Crippen LogP contribution in [0.5, 0.6) is 17.2 Å². The highest BCUT2D eigenvalue weighted by Gasteiger charge is 2.26. The Kier molecular flexibility index (Phi) is 10.2. The van der Waals surface area contributed by atoms with E-state index in [1.165, 1.54) is 36.7 Å². The number of unbranched alkanes of at least 4 members (excludes halogenated alkanes) is 3. The van der Waals surface area contributed by atoms with Crippen LogP contribution in [-0.4, -0.2) is 30.9 Å². The van der Waals surface area contributed by atoms with Crippen molar-refractivity contribution in [2.75, 3.05) is 24.7 Å². The summed E-state index contributed by atoms with van der Waals surface area (Å²) in [5, 5.41) is 18.7. The molecule has 0 aliphatic carbocycles. The number of ether oxygens (including phenoxy) is 3. The van der Waals surface area contributed by atoms with Crippen LogP contribution >= 0.6 is 22.7 Å². The Labute approximate surface area is 282 Å². The van der Waals surface area contributed by atoms with Crippen LogP contribution < -0.4 is 19.1 Å². The van der Waals surface area contributed by atoms with Crippen LogP contribution in [0.15, 0.2) is 96.6 Å². The average molecular weight is 663 g/mol. The number of hydrogen-bond donors (Lipinski definition) is 1.